The molecule has 1 unspecified atom stereocenters. The summed E-state index contributed by atoms with van der Waals surface area (Å²) in [5.41, 5.74) is 5.18. The smallest absolute Gasteiger partial charge is 0.113 e. The van der Waals surface area contributed by atoms with E-state index in [-0.39, 0.29) is 6.04 Å². The number of allylic oxidation sites excluding steroid dienone is 2. The van der Waals surface area contributed by atoms with Crippen molar-refractivity contribution >= 4 is 39.9 Å². The molecule has 0 aliphatic carbocycles. The van der Waals surface area contributed by atoms with Gasteiger partial charge in [0.05, 0.1) is 17.1 Å². The zero-order valence-electron chi connectivity index (χ0n) is 13.3. The van der Waals surface area contributed by atoms with Crippen LogP contribution in [0.3, 0.4) is 0 Å². The van der Waals surface area contributed by atoms with Gasteiger partial charge in [0.1, 0.15) is 11.0 Å². The highest BCUT2D eigenvalue weighted by molar-refractivity contribution is 6.25. The van der Waals surface area contributed by atoms with Crippen LogP contribution in [-0.2, 0) is 0 Å². The molecule has 6 nitrogen and oxygen atoms in total. The molecule has 2 aromatic carbocycles. The van der Waals surface area contributed by atoms with Crippen molar-refractivity contribution in [2.45, 2.75) is 12.5 Å². The third-order valence-corrected chi connectivity index (χ3v) is 4.13. The second-order valence-electron chi connectivity index (χ2n) is 5.55. The maximum Gasteiger partial charge on any atom is 0.113 e. The molecule has 25 heavy (non-hydrogen) atoms. The van der Waals surface area contributed by atoms with Crippen LogP contribution < -0.4 is 0 Å². The third-order valence-electron chi connectivity index (χ3n) is 3.99. The summed E-state index contributed by atoms with van der Waals surface area (Å²) >= 11 is 5.83. The van der Waals surface area contributed by atoms with Gasteiger partial charge in [-0.1, -0.05) is 52.4 Å². The number of fused-ring (bicyclic) bond motifs is 2. The van der Waals surface area contributed by atoms with Crippen molar-refractivity contribution in [3.8, 4) is 0 Å². The lowest BCUT2D eigenvalue weighted by molar-refractivity contribution is 0.541. The number of halogens is 1. The summed E-state index contributed by atoms with van der Waals surface area (Å²) in [5, 5.41) is 16.8. The fourth-order valence-corrected chi connectivity index (χ4v) is 2.94. The molecule has 0 bridgehead atoms. The highest BCUT2D eigenvalue weighted by atomic mass is 35.5. The zero-order chi connectivity index (χ0) is 17.1. The van der Waals surface area contributed by atoms with Crippen molar-refractivity contribution < 1.29 is 0 Å². The van der Waals surface area contributed by atoms with Crippen molar-refractivity contribution in [3.05, 3.63) is 66.2 Å². The summed E-state index contributed by atoms with van der Waals surface area (Å²) in [6, 6.07) is 15.7. The first-order valence-electron chi connectivity index (χ1n) is 7.90. The molecule has 4 rings (SSSR count). The quantitative estimate of drug-likeness (QED) is 0.545. The summed E-state index contributed by atoms with van der Waals surface area (Å²) in [5.74, 6) is 0. The van der Waals surface area contributed by atoms with Crippen molar-refractivity contribution in [3.63, 3.8) is 0 Å². The van der Waals surface area contributed by atoms with E-state index >= 15 is 0 Å². The monoisotopic (exact) mass is 350 g/mol. The molecule has 7 heteroatoms. The van der Waals surface area contributed by atoms with E-state index in [1.54, 1.807) is 4.68 Å². The van der Waals surface area contributed by atoms with Gasteiger partial charge in [0.2, 0.25) is 0 Å². The van der Waals surface area contributed by atoms with E-state index in [4.69, 9.17) is 11.6 Å². The lowest BCUT2D eigenvalue weighted by atomic mass is 10.2. The van der Waals surface area contributed by atoms with Crippen molar-refractivity contribution in [2.24, 2.45) is 0 Å². The van der Waals surface area contributed by atoms with Crippen LogP contribution in [0, 0.1) is 0 Å². The van der Waals surface area contributed by atoms with E-state index < -0.39 is 0 Å². The standard InChI is InChI=1S/C18H15ClN6/c19-12-11-14(25-18-10-4-2-8-16(18)21-23-25)6-5-13-24-17-9-3-1-7-15(17)20-22-24/h1-5,7-14H,6H2. The van der Waals surface area contributed by atoms with Crippen LogP contribution in [0.5, 0.6) is 0 Å². The fraction of sp³-hybridized carbons (Fsp3) is 0.111. The van der Waals surface area contributed by atoms with Gasteiger partial charge in [0.25, 0.3) is 0 Å². The molecule has 0 amide bonds. The summed E-state index contributed by atoms with van der Waals surface area (Å²) in [6.07, 6.45) is 6.53. The SMILES string of the molecule is ClC=CC(CC=Cn1nnc2ccccc21)n1nnc2ccccc21. The maximum atomic E-state index is 5.83. The van der Waals surface area contributed by atoms with Crippen LogP contribution in [0.4, 0.5) is 0 Å². The minimum absolute atomic E-state index is 0.0315. The lowest BCUT2D eigenvalue weighted by Gasteiger charge is -2.11. The van der Waals surface area contributed by atoms with Crippen LogP contribution >= 0.6 is 11.6 Å². The summed E-state index contributed by atoms with van der Waals surface area (Å²) in [7, 11) is 0. The predicted octanol–water partition coefficient (Wildman–Crippen LogP) is 4.03. The molecule has 0 fully saturated rings. The number of aromatic nitrogens is 6. The Morgan fingerprint density at radius 3 is 2.40 bits per heavy atom. The molecule has 0 aliphatic heterocycles. The van der Waals surface area contributed by atoms with Gasteiger partial charge in [0, 0.05) is 11.7 Å². The Labute approximate surface area is 149 Å². The van der Waals surface area contributed by atoms with Crippen molar-refractivity contribution in [1.29, 1.82) is 0 Å². The average Bonchev–Trinajstić information content (AvgIpc) is 3.25. The van der Waals surface area contributed by atoms with E-state index in [0.29, 0.717) is 6.42 Å². The van der Waals surface area contributed by atoms with E-state index in [0.717, 1.165) is 22.1 Å². The van der Waals surface area contributed by atoms with E-state index in [1.165, 1.54) is 5.54 Å². The second-order valence-corrected chi connectivity index (χ2v) is 5.80. The van der Waals surface area contributed by atoms with Gasteiger partial charge in [-0.15, -0.1) is 10.2 Å². The molecule has 0 N–H and O–H groups in total. The van der Waals surface area contributed by atoms with Gasteiger partial charge in [-0.3, -0.25) is 0 Å². The highest BCUT2D eigenvalue weighted by Gasteiger charge is 2.11. The molecule has 0 radical (unpaired) electrons. The Balaban J connectivity index is 1.60. The van der Waals surface area contributed by atoms with Gasteiger partial charge >= 0.3 is 0 Å². The average molecular weight is 351 g/mol. The first-order chi connectivity index (χ1) is 12.4. The number of para-hydroxylation sites is 2. The molecule has 1 atom stereocenters. The zero-order valence-corrected chi connectivity index (χ0v) is 14.0. The van der Waals surface area contributed by atoms with Crippen LogP contribution in [0.2, 0.25) is 0 Å². The Bertz CT molecular complexity index is 1060. The van der Waals surface area contributed by atoms with Crippen LogP contribution in [0.15, 0.2) is 66.2 Å². The van der Waals surface area contributed by atoms with Crippen LogP contribution in [-0.4, -0.2) is 30.0 Å². The van der Waals surface area contributed by atoms with Gasteiger partial charge in [-0.05, 0) is 36.8 Å². The molecule has 0 aliphatic rings. The minimum Gasteiger partial charge on any atom is -0.237 e. The van der Waals surface area contributed by atoms with Crippen molar-refractivity contribution in [1.82, 2.24) is 30.0 Å². The van der Waals surface area contributed by atoms with Crippen LogP contribution in [0.1, 0.15) is 12.5 Å². The Morgan fingerprint density at radius 1 is 0.920 bits per heavy atom. The summed E-state index contributed by atoms with van der Waals surface area (Å²) in [4.78, 5) is 0. The third kappa shape index (κ3) is 3.04. The van der Waals surface area contributed by atoms with Gasteiger partial charge in [-0.25, -0.2) is 9.36 Å². The van der Waals surface area contributed by atoms with Crippen LogP contribution in [0.25, 0.3) is 28.3 Å². The maximum absolute atomic E-state index is 5.83. The van der Waals surface area contributed by atoms with Gasteiger partial charge in [-0.2, -0.15) is 0 Å². The number of hydrogen-bond acceptors (Lipinski definition) is 4. The Hall–Kier alpha value is -2.99. The number of benzene rings is 2. The van der Waals surface area contributed by atoms with Crippen molar-refractivity contribution in [2.75, 3.05) is 0 Å². The number of rotatable bonds is 5. The lowest BCUT2D eigenvalue weighted by Crippen LogP contribution is -2.07. The van der Waals surface area contributed by atoms with Gasteiger partial charge < -0.3 is 0 Å². The fourth-order valence-electron chi connectivity index (χ4n) is 2.77. The molecular weight excluding hydrogens is 336 g/mol. The second kappa shape index (κ2) is 6.86. The molecule has 0 saturated carbocycles. The summed E-state index contributed by atoms with van der Waals surface area (Å²) < 4.78 is 3.63. The molecule has 4 aromatic rings. The number of nitrogens with zero attached hydrogens (tertiary/aromatic N) is 6. The van der Waals surface area contributed by atoms with E-state index in [2.05, 4.69) is 20.6 Å². The van der Waals surface area contributed by atoms with E-state index in [1.807, 2.05) is 71.6 Å². The normalized spacial score (nSPS) is 13.5. The predicted molar refractivity (Wildman–Crippen MR) is 99.0 cm³/mol. The first-order valence-corrected chi connectivity index (χ1v) is 8.34. The first kappa shape index (κ1) is 15.5. The molecule has 2 heterocycles. The Kier molecular flexibility index (Phi) is 4.26. The minimum atomic E-state index is -0.0315. The van der Waals surface area contributed by atoms with E-state index in [9.17, 15) is 0 Å². The molecule has 0 saturated heterocycles. The Morgan fingerprint density at radius 2 is 1.60 bits per heavy atom. The topological polar surface area (TPSA) is 61.4 Å². The summed E-state index contributed by atoms with van der Waals surface area (Å²) in [6.45, 7) is 0. The number of hydrogen-bond donors (Lipinski definition) is 0. The van der Waals surface area contributed by atoms with Gasteiger partial charge in [0.15, 0.2) is 0 Å². The largest absolute Gasteiger partial charge is 0.237 e. The molecule has 2 aromatic heterocycles. The highest BCUT2D eigenvalue weighted by Crippen LogP contribution is 2.20. The molecule has 124 valence electrons. The molecule has 0 spiro atoms. The molecular formula is C18H15ClN6.